The number of anilines is 1. The Hall–Kier alpha value is -4.38. The van der Waals surface area contributed by atoms with Crippen LogP contribution in [0.25, 0.3) is 16.6 Å². The zero-order valence-electron chi connectivity index (χ0n) is 18.8. The molecular formula is C24H20N4O6S. The molecule has 0 bridgehead atoms. The molecule has 3 aromatic carbocycles. The molecule has 1 heterocycles. The number of nitro groups is 1. The van der Waals surface area contributed by atoms with E-state index in [1.54, 1.807) is 48.5 Å². The lowest BCUT2D eigenvalue weighted by Crippen LogP contribution is -2.23. The van der Waals surface area contributed by atoms with Gasteiger partial charge in [0, 0.05) is 0 Å². The number of nitrogens with one attached hydrogen (secondary N) is 1. The summed E-state index contributed by atoms with van der Waals surface area (Å²) in [5.74, 6) is 0.109. The summed E-state index contributed by atoms with van der Waals surface area (Å²) < 4.78 is 11.8. The zero-order chi connectivity index (χ0) is 24.9. The Morgan fingerprint density at radius 3 is 2.57 bits per heavy atom. The molecule has 1 aromatic heterocycles. The van der Waals surface area contributed by atoms with Crippen LogP contribution in [-0.2, 0) is 4.79 Å². The number of rotatable bonds is 8. The molecule has 0 unspecified atom stereocenters. The van der Waals surface area contributed by atoms with Gasteiger partial charge in [0.1, 0.15) is 17.2 Å². The predicted molar refractivity (Wildman–Crippen MR) is 133 cm³/mol. The predicted octanol–water partition coefficient (Wildman–Crippen LogP) is 4.04. The number of hydrogen-bond acceptors (Lipinski definition) is 8. The minimum atomic E-state index is -0.602. The van der Waals surface area contributed by atoms with Crippen LogP contribution in [0.15, 0.2) is 76.7 Å². The van der Waals surface area contributed by atoms with E-state index in [2.05, 4.69) is 10.3 Å². The Labute approximate surface area is 203 Å². The van der Waals surface area contributed by atoms with Gasteiger partial charge in [-0.3, -0.25) is 24.3 Å². The van der Waals surface area contributed by atoms with Gasteiger partial charge in [-0.05, 0) is 36.4 Å². The Morgan fingerprint density at radius 2 is 1.83 bits per heavy atom. The van der Waals surface area contributed by atoms with Gasteiger partial charge in [0.05, 0.1) is 47.6 Å². The number of amides is 1. The highest BCUT2D eigenvalue weighted by molar-refractivity contribution is 7.99. The number of ether oxygens (including phenoxy) is 2. The average molecular weight is 493 g/mol. The van der Waals surface area contributed by atoms with Crippen molar-refractivity contribution in [3.63, 3.8) is 0 Å². The van der Waals surface area contributed by atoms with Crippen molar-refractivity contribution in [3.8, 4) is 17.2 Å². The zero-order valence-corrected chi connectivity index (χ0v) is 19.6. The number of para-hydroxylation sites is 3. The molecule has 0 atom stereocenters. The molecule has 0 spiro atoms. The van der Waals surface area contributed by atoms with Crippen molar-refractivity contribution in [3.05, 3.63) is 87.2 Å². The number of thioether (sulfide) groups is 1. The third kappa shape index (κ3) is 4.94. The molecule has 178 valence electrons. The maximum atomic E-state index is 13.4. The van der Waals surface area contributed by atoms with E-state index in [4.69, 9.17) is 9.47 Å². The molecule has 0 saturated heterocycles. The van der Waals surface area contributed by atoms with Gasteiger partial charge < -0.3 is 14.8 Å². The van der Waals surface area contributed by atoms with E-state index in [0.29, 0.717) is 28.1 Å². The number of methoxy groups -OCH3 is 2. The standard InChI is InChI=1S/C24H20N4O6S/c1-33-15-11-12-18(20(13-15)28(31)32)25-22(29)14-35-24-26-17-8-4-3-7-16(17)23(30)27(24)19-9-5-6-10-21(19)34-2/h3-13H,14H2,1-2H3,(H,25,29). The number of fused-ring (bicyclic) bond motifs is 1. The minimum Gasteiger partial charge on any atom is -0.496 e. The van der Waals surface area contributed by atoms with Gasteiger partial charge in [-0.15, -0.1) is 0 Å². The number of hydrogen-bond donors (Lipinski definition) is 1. The number of aromatic nitrogens is 2. The highest BCUT2D eigenvalue weighted by Crippen LogP contribution is 2.30. The third-order valence-electron chi connectivity index (χ3n) is 5.08. The fourth-order valence-corrected chi connectivity index (χ4v) is 4.25. The lowest BCUT2D eigenvalue weighted by molar-refractivity contribution is -0.384. The summed E-state index contributed by atoms with van der Waals surface area (Å²) in [6.45, 7) is 0. The first-order valence-electron chi connectivity index (χ1n) is 10.3. The second kappa shape index (κ2) is 10.3. The minimum absolute atomic E-state index is 0.0370. The molecule has 11 heteroatoms. The maximum absolute atomic E-state index is 13.4. The molecule has 1 amide bonds. The number of carbonyl (C=O) groups excluding carboxylic acids is 1. The second-order valence-electron chi connectivity index (χ2n) is 7.20. The molecule has 10 nitrogen and oxygen atoms in total. The Kier molecular flexibility index (Phi) is 6.97. The molecule has 4 rings (SSSR count). The largest absolute Gasteiger partial charge is 0.496 e. The normalized spacial score (nSPS) is 10.7. The van der Waals surface area contributed by atoms with Crippen molar-refractivity contribution in [2.24, 2.45) is 0 Å². The summed E-state index contributed by atoms with van der Waals surface area (Å²) in [6.07, 6.45) is 0. The van der Waals surface area contributed by atoms with E-state index in [1.165, 1.54) is 37.0 Å². The number of carbonyl (C=O) groups is 1. The van der Waals surface area contributed by atoms with Crippen molar-refractivity contribution in [1.29, 1.82) is 0 Å². The van der Waals surface area contributed by atoms with E-state index in [9.17, 15) is 19.7 Å². The smallest absolute Gasteiger partial charge is 0.296 e. The van der Waals surface area contributed by atoms with E-state index in [-0.39, 0.29) is 27.8 Å². The van der Waals surface area contributed by atoms with Crippen LogP contribution in [0.4, 0.5) is 11.4 Å². The molecule has 0 aliphatic heterocycles. The van der Waals surface area contributed by atoms with Crippen LogP contribution in [0, 0.1) is 10.1 Å². The van der Waals surface area contributed by atoms with Crippen LogP contribution in [0.5, 0.6) is 11.5 Å². The van der Waals surface area contributed by atoms with Crippen LogP contribution in [0.2, 0.25) is 0 Å². The van der Waals surface area contributed by atoms with Crippen LogP contribution in [-0.4, -0.2) is 40.4 Å². The van der Waals surface area contributed by atoms with Crippen molar-refractivity contribution in [2.75, 3.05) is 25.3 Å². The monoisotopic (exact) mass is 492 g/mol. The van der Waals surface area contributed by atoms with Crippen LogP contribution in [0.3, 0.4) is 0 Å². The number of nitrogens with zero attached hydrogens (tertiary/aromatic N) is 3. The van der Waals surface area contributed by atoms with Gasteiger partial charge in [-0.1, -0.05) is 36.0 Å². The topological polar surface area (TPSA) is 126 Å². The Balaban J connectivity index is 1.68. The van der Waals surface area contributed by atoms with Crippen molar-refractivity contribution >= 4 is 39.9 Å². The third-order valence-corrected chi connectivity index (χ3v) is 6.02. The fraction of sp³-hybridized carbons (Fsp3) is 0.125. The molecule has 0 aliphatic rings. The first-order valence-corrected chi connectivity index (χ1v) is 11.3. The fourth-order valence-electron chi connectivity index (χ4n) is 3.45. The van der Waals surface area contributed by atoms with Crippen LogP contribution >= 0.6 is 11.8 Å². The lowest BCUT2D eigenvalue weighted by Gasteiger charge is -2.15. The summed E-state index contributed by atoms with van der Waals surface area (Å²) in [5.41, 5.74) is 0.394. The lowest BCUT2D eigenvalue weighted by atomic mass is 10.2. The van der Waals surface area contributed by atoms with E-state index in [0.717, 1.165) is 11.8 Å². The van der Waals surface area contributed by atoms with Gasteiger partial charge in [0.25, 0.3) is 11.2 Å². The molecule has 35 heavy (non-hydrogen) atoms. The molecule has 0 saturated carbocycles. The van der Waals surface area contributed by atoms with Gasteiger partial charge >= 0.3 is 0 Å². The van der Waals surface area contributed by atoms with Crippen LogP contribution in [0.1, 0.15) is 0 Å². The Morgan fingerprint density at radius 1 is 1.09 bits per heavy atom. The van der Waals surface area contributed by atoms with Crippen LogP contribution < -0.4 is 20.3 Å². The SMILES string of the molecule is COc1ccc(NC(=O)CSc2nc3ccccc3c(=O)n2-c2ccccc2OC)c([N+](=O)[O-])c1. The van der Waals surface area contributed by atoms with E-state index < -0.39 is 10.8 Å². The molecule has 0 fully saturated rings. The maximum Gasteiger partial charge on any atom is 0.296 e. The molecule has 0 aliphatic carbocycles. The molecular weight excluding hydrogens is 472 g/mol. The second-order valence-corrected chi connectivity index (χ2v) is 8.14. The highest BCUT2D eigenvalue weighted by Gasteiger charge is 2.20. The van der Waals surface area contributed by atoms with Gasteiger partial charge in [0.2, 0.25) is 5.91 Å². The summed E-state index contributed by atoms with van der Waals surface area (Å²) in [7, 11) is 2.89. The Bertz CT molecular complexity index is 1490. The number of benzene rings is 3. The molecule has 0 radical (unpaired) electrons. The molecule has 1 N–H and O–H groups in total. The van der Waals surface area contributed by atoms with Gasteiger partial charge in [0.15, 0.2) is 5.16 Å². The van der Waals surface area contributed by atoms with Crippen molar-refractivity contribution in [2.45, 2.75) is 5.16 Å². The molecule has 4 aromatic rings. The van der Waals surface area contributed by atoms with Crippen molar-refractivity contribution in [1.82, 2.24) is 9.55 Å². The summed E-state index contributed by atoms with van der Waals surface area (Å²) in [6, 6.07) is 18.1. The average Bonchev–Trinajstić information content (AvgIpc) is 2.87. The van der Waals surface area contributed by atoms with Gasteiger partial charge in [-0.2, -0.15) is 0 Å². The van der Waals surface area contributed by atoms with E-state index in [1.807, 2.05) is 0 Å². The number of nitro benzene ring substituents is 1. The summed E-state index contributed by atoms with van der Waals surface area (Å²) in [5, 5.41) is 14.7. The first-order chi connectivity index (χ1) is 16.9. The van der Waals surface area contributed by atoms with Gasteiger partial charge in [-0.25, -0.2) is 4.98 Å². The van der Waals surface area contributed by atoms with Crippen molar-refractivity contribution < 1.29 is 19.2 Å². The first kappa shape index (κ1) is 23.8. The van der Waals surface area contributed by atoms with E-state index >= 15 is 0 Å². The summed E-state index contributed by atoms with van der Waals surface area (Å²) in [4.78, 5) is 41.5. The summed E-state index contributed by atoms with van der Waals surface area (Å²) >= 11 is 1.03. The quantitative estimate of drug-likeness (QED) is 0.169. The highest BCUT2D eigenvalue weighted by atomic mass is 32.2.